The van der Waals surface area contributed by atoms with E-state index < -0.39 is 17.4 Å². The molecule has 0 spiro atoms. The van der Waals surface area contributed by atoms with Crippen LogP contribution in [-0.4, -0.2) is 22.2 Å². The fourth-order valence-electron chi connectivity index (χ4n) is 2.03. The highest BCUT2D eigenvalue weighted by atomic mass is 16.4. The van der Waals surface area contributed by atoms with E-state index in [1.165, 1.54) is 0 Å². The first kappa shape index (κ1) is 10.0. The number of carboxylic acids is 2. The van der Waals surface area contributed by atoms with Gasteiger partial charge in [0.05, 0.1) is 0 Å². The monoisotopic (exact) mass is 186 g/mol. The van der Waals surface area contributed by atoms with Gasteiger partial charge >= 0.3 is 11.9 Å². The van der Waals surface area contributed by atoms with E-state index in [-0.39, 0.29) is 18.8 Å². The molecular weight excluding hydrogens is 172 g/mol. The molecule has 1 aliphatic rings. The van der Waals surface area contributed by atoms with Crippen LogP contribution in [0, 0.1) is 11.3 Å². The topological polar surface area (TPSA) is 74.6 Å². The van der Waals surface area contributed by atoms with Crippen molar-refractivity contribution in [2.45, 2.75) is 32.6 Å². The Balaban J connectivity index is 2.90. The van der Waals surface area contributed by atoms with Gasteiger partial charge in [-0.1, -0.05) is 19.8 Å². The highest BCUT2D eigenvalue weighted by Gasteiger charge is 2.48. The van der Waals surface area contributed by atoms with Crippen molar-refractivity contribution >= 4 is 11.9 Å². The molecule has 1 fully saturated rings. The summed E-state index contributed by atoms with van der Waals surface area (Å²) < 4.78 is 0. The maximum atomic E-state index is 10.9. The molecule has 1 rings (SSSR count). The Morgan fingerprint density at radius 3 is 2.15 bits per heavy atom. The van der Waals surface area contributed by atoms with Gasteiger partial charge in [-0.3, -0.25) is 9.59 Å². The third-order valence-corrected chi connectivity index (χ3v) is 2.82. The normalized spacial score (nSPS) is 26.7. The molecule has 0 aliphatic heterocycles. The Hall–Kier alpha value is -1.06. The predicted molar refractivity (Wildman–Crippen MR) is 45.3 cm³/mol. The van der Waals surface area contributed by atoms with Crippen LogP contribution in [0.4, 0.5) is 0 Å². The molecule has 0 amide bonds. The Morgan fingerprint density at radius 1 is 1.31 bits per heavy atom. The molecule has 0 radical (unpaired) electrons. The molecule has 1 atom stereocenters. The number of aliphatic carboxylic acids is 2. The van der Waals surface area contributed by atoms with Crippen LogP contribution in [0.15, 0.2) is 0 Å². The Labute approximate surface area is 76.6 Å². The molecule has 0 aromatic heterocycles. The Kier molecular flexibility index (Phi) is 2.59. The molecule has 2 N–H and O–H groups in total. The SMILES string of the molecule is CC1CCCC(C(=O)O)(C(=O)O)C1. The third kappa shape index (κ3) is 1.66. The van der Waals surface area contributed by atoms with Gasteiger partial charge < -0.3 is 10.2 Å². The Morgan fingerprint density at radius 2 is 1.85 bits per heavy atom. The number of carbonyl (C=O) groups is 2. The summed E-state index contributed by atoms with van der Waals surface area (Å²) in [6, 6.07) is 0. The lowest BCUT2D eigenvalue weighted by Gasteiger charge is -2.32. The van der Waals surface area contributed by atoms with Crippen LogP contribution in [0.2, 0.25) is 0 Å². The summed E-state index contributed by atoms with van der Waals surface area (Å²) >= 11 is 0. The quantitative estimate of drug-likeness (QED) is 0.638. The molecule has 0 heterocycles. The summed E-state index contributed by atoms with van der Waals surface area (Å²) in [5.41, 5.74) is -1.52. The van der Waals surface area contributed by atoms with Crippen molar-refractivity contribution in [1.29, 1.82) is 0 Å². The van der Waals surface area contributed by atoms with Gasteiger partial charge in [0, 0.05) is 0 Å². The minimum absolute atomic E-state index is 0.195. The van der Waals surface area contributed by atoms with Gasteiger partial charge in [0.1, 0.15) is 0 Å². The zero-order valence-corrected chi connectivity index (χ0v) is 7.62. The van der Waals surface area contributed by atoms with Gasteiger partial charge in [-0.2, -0.15) is 0 Å². The highest BCUT2D eigenvalue weighted by Crippen LogP contribution is 2.39. The lowest BCUT2D eigenvalue weighted by molar-refractivity contribution is -0.168. The molecular formula is C9H14O4. The summed E-state index contributed by atoms with van der Waals surface area (Å²) in [6.07, 6.45) is 2.15. The van der Waals surface area contributed by atoms with Crippen molar-refractivity contribution in [3.8, 4) is 0 Å². The van der Waals surface area contributed by atoms with E-state index >= 15 is 0 Å². The average Bonchev–Trinajstić information content (AvgIpc) is 2.03. The number of carboxylic acid groups (broad SMARTS) is 2. The molecule has 13 heavy (non-hydrogen) atoms. The van der Waals surface area contributed by atoms with E-state index in [0.717, 1.165) is 6.42 Å². The van der Waals surface area contributed by atoms with E-state index in [4.69, 9.17) is 10.2 Å². The minimum atomic E-state index is -1.52. The molecule has 4 heteroatoms. The first-order valence-corrected chi connectivity index (χ1v) is 4.46. The van der Waals surface area contributed by atoms with Crippen molar-refractivity contribution in [2.75, 3.05) is 0 Å². The van der Waals surface area contributed by atoms with Crippen LogP contribution in [0.5, 0.6) is 0 Å². The van der Waals surface area contributed by atoms with Crippen molar-refractivity contribution in [3.63, 3.8) is 0 Å². The first-order valence-electron chi connectivity index (χ1n) is 4.46. The standard InChI is InChI=1S/C9H14O4/c1-6-3-2-4-9(5-6,7(10)11)8(12)13/h6H,2-5H2,1H3,(H,10,11)(H,12,13). The summed E-state index contributed by atoms with van der Waals surface area (Å²) in [6.45, 7) is 1.90. The van der Waals surface area contributed by atoms with E-state index in [0.29, 0.717) is 6.42 Å². The maximum absolute atomic E-state index is 10.9. The van der Waals surface area contributed by atoms with Crippen molar-refractivity contribution < 1.29 is 19.8 Å². The largest absolute Gasteiger partial charge is 0.480 e. The van der Waals surface area contributed by atoms with Crippen LogP contribution in [0.3, 0.4) is 0 Å². The summed E-state index contributed by atoms with van der Waals surface area (Å²) in [7, 11) is 0. The summed E-state index contributed by atoms with van der Waals surface area (Å²) in [5.74, 6) is -2.18. The molecule has 1 unspecified atom stereocenters. The molecule has 74 valence electrons. The lowest BCUT2D eigenvalue weighted by atomic mass is 9.70. The lowest BCUT2D eigenvalue weighted by Crippen LogP contribution is -2.42. The molecule has 4 nitrogen and oxygen atoms in total. The van der Waals surface area contributed by atoms with E-state index in [9.17, 15) is 9.59 Å². The van der Waals surface area contributed by atoms with Crippen molar-refractivity contribution in [3.05, 3.63) is 0 Å². The zero-order valence-electron chi connectivity index (χ0n) is 7.62. The van der Waals surface area contributed by atoms with Crippen LogP contribution in [0.25, 0.3) is 0 Å². The van der Waals surface area contributed by atoms with Crippen LogP contribution in [0.1, 0.15) is 32.6 Å². The van der Waals surface area contributed by atoms with Gasteiger partial charge in [0.25, 0.3) is 0 Å². The average molecular weight is 186 g/mol. The van der Waals surface area contributed by atoms with Crippen molar-refractivity contribution in [2.24, 2.45) is 11.3 Å². The van der Waals surface area contributed by atoms with Gasteiger partial charge in [-0.15, -0.1) is 0 Å². The second-order valence-electron chi connectivity index (χ2n) is 3.89. The molecule has 0 bridgehead atoms. The molecule has 1 aliphatic carbocycles. The van der Waals surface area contributed by atoms with Gasteiger partial charge in [0.15, 0.2) is 5.41 Å². The highest BCUT2D eigenvalue weighted by molar-refractivity contribution is 5.98. The summed E-state index contributed by atoms with van der Waals surface area (Å²) in [5, 5.41) is 17.8. The predicted octanol–water partition coefficient (Wildman–Crippen LogP) is 1.35. The molecule has 1 saturated carbocycles. The third-order valence-electron chi connectivity index (χ3n) is 2.82. The fraction of sp³-hybridized carbons (Fsp3) is 0.778. The number of hydrogen-bond acceptors (Lipinski definition) is 2. The molecule has 0 saturated heterocycles. The van der Waals surface area contributed by atoms with E-state index in [2.05, 4.69) is 0 Å². The van der Waals surface area contributed by atoms with E-state index in [1.807, 2.05) is 6.92 Å². The smallest absolute Gasteiger partial charge is 0.321 e. The zero-order chi connectivity index (χ0) is 10.1. The van der Waals surface area contributed by atoms with Gasteiger partial charge in [-0.25, -0.2) is 0 Å². The number of hydrogen-bond donors (Lipinski definition) is 2. The maximum Gasteiger partial charge on any atom is 0.321 e. The second-order valence-corrected chi connectivity index (χ2v) is 3.89. The van der Waals surface area contributed by atoms with Gasteiger partial charge in [0.2, 0.25) is 0 Å². The molecule has 0 aromatic carbocycles. The summed E-state index contributed by atoms with van der Waals surface area (Å²) in [4.78, 5) is 21.8. The second kappa shape index (κ2) is 3.36. The van der Waals surface area contributed by atoms with Crippen LogP contribution in [-0.2, 0) is 9.59 Å². The minimum Gasteiger partial charge on any atom is -0.480 e. The van der Waals surface area contributed by atoms with Crippen LogP contribution >= 0.6 is 0 Å². The molecule has 0 aromatic rings. The van der Waals surface area contributed by atoms with E-state index in [1.54, 1.807) is 0 Å². The first-order chi connectivity index (χ1) is 5.99. The van der Waals surface area contributed by atoms with Crippen molar-refractivity contribution in [1.82, 2.24) is 0 Å². The van der Waals surface area contributed by atoms with Crippen LogP contribution < -0.4 is 0 Å². The number of rotatable bonds is 2. The Bertz CT molecular complexity index is 220. The van der Waals surface area contributed by atoms with Gasteiger partial charge in [-0.05, 0) is 18.8 Å². The fourth-order valence-corrected chi connectivity index (χ4v) is 2.03.